The van der Waals surface area contributed by atoms with E-state index in [2.05, 4.69) is 10.6 Å². The van der Waals surface area contributed by atoms with Gasteiger partial charge in [0.15, 0.2) is 0 Å². The molecule has 120 valence electrons. The number of aliphatic hydroxyl groups excluding tert-OH is 1. The van der Waals surface area contributed by atoms with E-state index < -0.39 is 0 Å². The molecule has 0 aromatic heterocycles. The number of halogens is 1. The van der Waals surface area contributed by atoms with Gasteiger partial charge in [-0.2, -0.15) is 0 Å². The van der Waals surface area contributed by atoms with E-state index in [1.165, 1.54) is 0 Å². The predicted octanol–water partition coefficient (Wildman–Crippen LogP) is 0.867. The highest BCUT2D eigenvalue weighted by molar-refractivity contribution is 6.30. The zero-order chi connectivity index (χ0) is 15.5. The second kappa shape index (κ2) is 6.96. The van der Waals surface area contributed by atoms with Crippen LogP contribution in [0.3, 0.4) is 0 Å². The molecule has 6 heteroatoms. The maximum atomic E-state index is 12.4. The van der Waals surface area contributed by atoms with Crippen LogP contribution in [0.5, 0.6) is 0 Å². The molecule has 0 saturated carbocycles. The van der Waals surface area contributed by atoms with E-state index in [4.69, 9.17) is 11.6 Å². The zero-order valence-electron chi connectivity index (χ0n) is 12.5. The summed E-state index contributed by atoms with van der Waals surface area (Å²) in [6.45, 7) is 2.96. The number of hydrogen-bond acceptors (Lipinski definition) is 4. The minimum absolute atomic E-state index is 0.0673. The van der Waals surface area contributed by atoms with Gasteiger partial charge >= 0.3 is 0 Å². The van der Waals surface area contributed by atoms with Gasteiger partial charge in [-0.25, -0.2) is 0 Å². The van der Waals surface area contributed by atoms with Crippen LogP contribution in [-0.2, 0) is 0 Å². The molecule has 3 rings (SSSR count). The number of aliphatic hydroxyl groups is 1. The maximum absolute atomic E-state index is 12.4. The van der Waals surface area contributed by atoms with Gasteiger partial charge in [0.1, 0.15) is 0 Å². The van der Waals surface area contributed by atoms with Gasteiger partial charge in [-0.15, -0.1) is 0 Å². The molecule has 0 aliphatic carbocycles. The third kappa shape index (κ3) is 3.60. The van der Waals surface area contributed by atoms with Crippen LogP contribution in [0, 0.1) is 0 Å². The number of likely N-dealkylation sites (tertiary alicyclic amines) is 1. The Hall–Kier alpha value is -1.14. The van der Waals surface area contributed by atoms with Crippen molar-refractivity contribution in [3.8, 4) is 0 Å². The van der Waals surface area contributed by atoms with Crippen molar-refractivity contribution in [3.05, 3.63) is 34.9 Å². The van der Waals surface area contributed by atoms with Gasteiger partial charge in [0.05, 0.1) is 6.10 Å². The minimum Gasteiger partial charge on any atom is -0.390 e. The Morgan fingerprint density at radius 1 is 1.23 bits per heavy atom. The molecular formula is C16H22ClN3O2. The molecular weight excluding hydrogens is 302 g/mol. The summed E-state index contributed by atoms with van der Waals surface area (Å²) in [4.78, 5) is 14.3. The summed E-state index contributed by atoms with van der Waals surface area (Å²) in [5.74, 6) is 0.0673. The van der Waals surface area contributed by atoms with Crippen LogP contribution in [0.15, 0.2) is 24.3 Å². The van der Waals surface area contributed by atoms with Crippen LogP contribution in [-0.4, -0.2) is 60.3 Å². The fourth-order valence-electron chi connectivity index (χ4n) is 3.16. The molecule has 0 unspecified atom stereocenters. The monoisotopic (exact) mass is 323 g/mol. The van der Waals surface area contributed by atoms with Gasteiger partial charge in [-0.1, -0.05) is 11.6 Å². The van der Waals surface area contributed by atoms with E-state index >= 15 is 0 Å². The number of nitrogens with zero attached hydrogens (tertiary/aromatic N) is 1. The van der Waals surface area contributed by atoms with Crippen molar-refractivity contribution in [2.45, 2.75) is 31.0 Å². The molecule has 1 aromatic rings. The summed E-state index contributed by atoms with van der Waals surface area (Å²) in [6, 6.07) is 7.54. The standard InChI is InChI=1S/C16H22ClN3O2/c17-12-3-1-11(2-4-12)16(22)20-7-5-13(6-8-20)19-14-9-18-10-15(14)21/h1-4,13-15,18-19,21H,5-10H2/t14-,15-/m0/s1. The molecule has 2 aliphatic heterocycles. The molecule has 0 bridgehead atoms. The van der Waals surface area contributed by atoms with Crippen molar-refractivity contribution in [3.63, 3.8) is 0 Å². The van der Waals surface area contributed by atoms with E-state index in [9.17, 15) is 9.90 Å². The van der Waals surface area contributed by atoms with Crippen molar-refractivity contribution >= 4 is 17.5 Å². The Bertz CT molecular complexity index is 515. The fourth-order valence-corrected chi connectivity index (χ4v) is 3.29. The van der Waals surface area contributed by atoms with Crippen LogP contribution in [0.2, 0.25) is 5.02 Å². The van der Waals surface area contributed by atoms with Crippen LogP contribution in [0.25, 0.3) is 0 Å². The second-order valence-corrected chi connectivity index (χ2v) is 6.51. The fraction of sp³-hybridized carbons (Fsp3) is 0.562. The highest BCUT2D eigenvalue weighted by atomic mass is 35.5. The van der Waals surface area contributed by atoms with Crippen LogP contribution >= 0.6 is 11.6 Å². The largest absolute Gasteiger partial charge is 0.390 e. The third-order valence-corrected chi connectivity index (χ3v) is 4.76. The molecule has 5 nitrogen and oxygen atoms in total. The molecule has 2 fully saturated rings. The number of carbonyl (C=O) groups is 1. The van der Waals surface area contributed by atoms with Gasteiger partial charge in [0.2, 0.25) is 0 Å². The van der Waals surface area contributed by atoms with Crippen LogP contribution in [0.4, 0.5) is 0 Å². The van der Waals surface area contributed by atoms with Gasteiger partial charge in [-0.05, 0) is 37.1 Å². The second-order valence-electron chi connectivity index (χ2n) is 6.07. The van der Waals surface area contributed by atoms with Crippen molar-refractivity contribution in [1.29, 1.82) is 0 Å². The van der Waals surface area contributed by atoms with E-state index in [0.29, 0.717) is 23.2 Å². The SMILES string of the molecule is O=C(c1ccc(Cl)cc1)N1CCC(N[C@H]2CNC[C@@H]2O)CC1. The molecule has 2 heterocycles. The number of carbonyl (C=O) groups excluding carboxylic acids is 1. The molecule has 2 atom stereocenters. The molecule has 1 amide bonds. The smallest absolute Gasteiger partial charge is 0.253 e. The molecule has 0 radical (unpaired) electrons. The highest BCUT2D eigenvalue weighted by Crippen LogP contribution is 2.17. The maximum Gasteiger partial charge on any atom is 0.253 e. The van der Waals surface area contributed by atoms with Gasteiger partial charge in [0, 0.05) is 48.8 Å². The lowest BCUT2D eigenvalue weighted by Gasteiger charge is -2.34. The molecule has 22 heavy (non-hydrogen) atoms. The van der Waals surface area contributed by atoms with Crippen molar-refractivity contribution in [2.24, 2.45) is 0 Å². The topological polar surface area (TPSA) is 64.6 Å². The van der Waals surface area contributed by atoms with E-state index in [1.54, 1.807) is 24.3 Å². The minimum atomic E-state index is -0.311. The Morgan fingerprint density at radius 2 is 1.91 bits per heavy atom. The van der Waals surface area contributed by atoms with Gasteiger partial charge in [0.25, 0.3) is 5.91 Å². The summed E-state index contributed by atoms with van der Waals surface area (Å²) in [6.07, 6.45) is 1.53. The molecule has 1 aromatic carbocycles. The Labute approximate surface area is 135 Å². The van der Waals surface area contributed by atoms with Gasteiger partial charge < -0.3 is 20.6 Å². The van der Waals surface area contributed by atoms with E-state index in [0.717, 1.165) is 32.5 Å². The zero-order valence-corrected chi connectivity index (χ0v) is 13.2. The lowest BCUT2D eigenvalue weighted by atomic mass is 10.0. The first-order chi connectivity index (χ1) is 10.6. The molecule has 0 spiro atoms. The lowest BCUT2D eigenvalue weighted by Crippen LogP contribution is -2.50. The summed E-state index contributed by atoms with van der Waals surface area (Å²) in [5.41, 5.74) is 0.686. The first-order valence-corrected chi connectivity index (χ1v) is 8.21. The van der Waals surface area contributed by atoms with Gasteiger partial charge in [-0.3, -0.25) is 4.79 Å². The quantitative estimate of drug-likeness (QED) is 0.772. The third-order valence-electron chi connectivity index (χ3n) is 4.51. The predicted molar refractivity (Wildman–Crippen MR) is 86.2 cm³/mol. The summed E-state index contributed by atoms with van der Waals surface area (Å²) in [7, 11) is 0. The summed E-state index contributed by atoms with van der Waals surface area (Å²) < 4.78 is 0. The number of rotatable bonds is 3. The number of β-amino-alcohol motifs (C(OH)–C–C–N with tert-alkyl or cyclic N) is 1. The van der Waals surface area contributed by atoms with Crippen molar-refractivity contribution in [1.82, 2.24) is 15.5 Å². The Balaban J connectivity index is 1.50. The Kier molecular flexibility index (Phi) is 4.98. The highest BCUT2D eigenvalue weighted by Gasteiger charge is 2.29. The number of hydrogen-bond donors (Lipinski definition) is 3. The first kappa shape index (κ1) is 15.7. The molecule has 2 aliphatic rings. The average Bonchev–Trinajstić information content (AvgIpc) is 2.93. The number of piperidine rings is 1. The van der Waals surface area contributed by atoms with E-state index in [1.807, 2.05) is 4.90 Å². The molecule has 3 N–H and O–H groups in total. The lowest BCUT2D eigenvalue weighted by molar-refractivity contribution is 0.0691. The average molecular weight is 324 g/mol. The molecule has 2 saturated heterocycles. The van der Waals surface area contributed by atoms with Crippen molar-refractivity contribution < 1.29 is 9.90 Å². The number of benzene rings is 1. The number of nitrogens with one attached hydrogen (secondary N) is 2. The van der Waals surface area contributed by atoms with Crippen molar-refractivity contribution in [2.75, 3.05) is 26.2 Å². The summed E-state index contributed by atoms with van der Waals surface area (Å²) in [5, 5.41) is 17.2. The summed E-state index contributed by atoms with van der Waals surface area (Å²) >= 11 is 5.86. The van der Waals surface area contributed by atoms with E-state index in [-0.39, 0.29) is 18.1 Å². The van der Waals surface area contributed by atoms with Crippen LogP contribution in [0.1, 0.15) is 23.2 Å². The Morgan fingerprint density at radius 3 is 2.50 bits per heavy atom. The normalized spacial score (nSPS) is 26.4. The first-order valence-electron chi connectivity index (χ1n) is 7.83. The van der Waals surface area contributed by atoms with Crippen LogP contribution < -0.4 is 10.6 Å². The number of amides is 1.